The molecule has 2 amide bonds. The second-order valence-corrected chi connectivity index (χ2v) is 9.63. The van der Waals surface area contributed by atoms with Crippen molar-refractivity contribution in [3.05, 3.63) is 42.1 Å². The van der Waals surface area contributed by atoms with E-state index in [9.17, 15) is 9.59 Å². The van der Waals surface area contributed by atoms with Gasteiger partial charge in [0.15, 0.2) is 11.6 Å². The molecule has 210 valence electrons. The van der Waals surface area contributed by atoms with Crippen molar-refractivity contribution in [2.75, 3.05) is 17.2 Å². The van der Waals surface area contributed by atoms with Gasteiger partial charge in [0.05, 0.1) is 36.4 Å². The third-order valence-electron chi connectivity index (χ3n) is 5.40. The number of pyridine rings is 2. The average molecular weight is 544 g/mol. The topological polar surface area (TPSA) is 171 Å². The molecule has 0 bridgehead atoms. The van der Waals surface area contributed by atoms with Crippen molar-refractivity contribution in [1.82, 2.24) is 30.3 Å². The zero-order chi connectivity index (χ0) is 28.7. The molecule has 0 saturated heterocycles. The molecule has 0 unspecified atom stereocenters. The first-order chi connectivity index (χ1) is 18.4. The van der Waals surface area contributed by atoms with Crippen molar-refractivity contribution in [2.45, 2.75) is 65.6 Å². The highest BCUT2D eigenvalue weighted by Crippen LogP contribution is 2.28. The van der Waals surface area contributed by atoms with Gasteiger partial charge in [0.2, 0.25) is 5.88 Å². The molecule has 0 fully saturated rings. The predicted octanol–water partition coefficient (Wildman–Crippen LogP) is 3.54. The van der Waals surface area contributed by atoms with Crippen LogP contribution in [0.3, 0.4) is 0 Å². The maximum atomic E-state index is 15.0. The van der Waals surface area contributed by atoms with E-state index in [0.29, 0.717) is 30.3 Å². The van der Waals surface area contributed by atoms with Crippen LogP contribution >= 0.6 is 0 Å². The minimum absolute atomic E-state index is 0.00417. The minimum Gasteiger partial charge on any atom is -0.476 e. The van der Waals surface area contributed by atoms with Gasteiger partial charge in [-0.1, -0.05) is 12.1 Å². The number of amides is 2. The first-order valence-electron chi connectivity index (χ1n) is 12.4. The summed E-state index contributed by atoms with van der Waals surface area (Å²) >= 11 is 0. The number of alkyl carbamates (subject to hydrolysis) is 1. The van der Waals surface area contributed by atoms with Crippen LogP contribution in [0, 0.1) is 5.82 Å². The van der Waals surface area contributed by atoms with Gasteiger partial charge in [-0.05, 0) is 53.2 Å². The molecule has 14 heteroatoms. The molecular formula is C25H34FN9O4. The summed E-state index contributed by atoms with van der Waals surface area (Å²) < 4.78 is 27.4. The second kappa shape index (κ2) is 12.4. The number of nitrogens with zero attached hydrogens (tertiary/aromatic N) is 5. The van der Waals surface area contributed by atoms with E-state index in [2.05, 4.69) is 36.2 Å². The molecule has 0 aliphatic rings. The molecule has 0 aromatic carbocycles. The van der Waals surface area contributed by atoms with Crippen LogP contribution in [0.4, 0.5) is 26.5 Å². The fraction of sp³-hybridized carbons (Fsp3) is 0.440. The number of nitrogens with two attached hydrogens (primary N) is 1. The van der Waals surface area contributed by atoms with Gasteiger partial charge in [0.1, 0.15) is 17.1 Å². The van der Waals surface area contributed by atoms with E-state index in [0.717, 1.165) is 6.07 Å². The van der Waals surface area contributed by atoms with Gasteiger partial charge in [-0.2, -0.15) is 0 Å². The number of aromatic nitrogens is 5. The van der Waals surface area contributed by atoms with Crippen molar-refractivity contribution >= 4 is 29.3 Å². The molecule has 3 aromatic heterocycles. The third kappa shape index (κ3) is 7.75. The number of hydrogen-bond donors (Lipinski definition) is 4. The molecule has 5 N–H and O–H groups in total. The Labute approximate surface area is 225 Å². The van der Waals surface area contributed by atoms with Gasteiger partial charge < -0.3 is 31.2 Å². The molecular weight excluding hydrogens is 509 g/mol. The molecule has 13 nitrogen and oxygen atoms in total. The number of primary amides is 1. The average Bonchev–Trinajstić information content (AvgIpc) is 3.38. The van der Waals surface area contributed by atoms with Crippen LogP contribution in [0.1, 0.15) is 58.3 Å². The smallest absolute Gasteiger partial charge is 0.407 e. The largest absolute Gasteiger partial charge is 0.476 e. The molecule has 0 aliphatic heterocycles. The van der Waals surface area contributed by atoms with Crippen LogP contribution in [-0.4, -0.2) is 61.3 Å². The van der Waals surface area contributed by atoms with E-state index in [-0.39, 0.29) is 17.2 Å². The standard InChI is InChI=1S/C25H34FN9O4/c1-7-18(14(3)30-24(37)39-25(4,5)6)32-22-17(26)12-16(20(27)36)21(33-22)31-15-11-19(35-10-9-29-34-35)23(28-13-15)38-8-2/h9-14,18H,7-8H2,1-6H3,(H2,27,36)(H,30,37)(H2,31,32,33)/t14-,18+/m0/s1. The molecule has 0 aliphatic carbocycles. The van der Waals surface area contributed by atoms with E-state index in [1.165, 1.54) is 17.1 Å². The number of halogens is 1. The first kappa shape index (κ1) is 29.1. The highest BCUT2D eigenvalue weighted by Gasteiger charge is 2.24. The van der Waals surface area contributed by atoms with Gasteiger partial charge in [-0.15, -0.1) is 5.10 Å². The fourth-order valence-electron chi connectivity index (χ4n) is 3.62. The lowest BCUT2D eigenvalue weighted by molar-refractivity contribution is 0.0503. The molecule has 0 saturated carbocycles. The number of ether oxygens (including phenoxy) is 2. The number of carbonyl (C=O) groups is 2. The van der Waals surface area contributed by atoms with Gasteiger partial charge in [0.25, 0.3) is 5.91 Å². The van der Waals surface area contributed by atoms with Crippen molar-refractivity contribution < 1.29 is 23.5 Å². The lowest BCUT2D eigenvalue weighted by Gasteiger charge is -2.27. The zero-order valence-electron chi connectivity index (χ0n) is 22.8. The van der Waals surface area contributed by atoms with Crippen LogP contribution in [0.15, 0.2) is 30.7 Å². The van der Waals surface area contributed by atoms with Gasteiger partial charge in [-0.3, -0.25) is 4.79 Å². The fourth-order valence-corrected chi connectivity index (χ4v) is 3.62. The van der Waals surface area contributed by atoms with Crippen LogP contribution in [0.25, 0.3) is 5.69 Å². The van der Waals surface area contributed by atoms with E-state index >= 15 is 4.39 Å². The highest BCUT2D eigenvalue weighted by atomic mass is 19.1. The Morgan fingerprint density at radius 2 is 1.95 bits per heavy atom. The van der Waals surface area contributed by atoms with E-state index < -0.39 is 35.5 Å². The maximum absolute atomic E-state index is 15.0. The number of hydrogen-bond acceptors (Lipinski definition) is 10. The summed E-state index contributed by atoms with van der Waals surface area (Å²) in [5.74, 6) is -1.48. The third-order valence-corrected chi connectivity index (χ3v) is 5.40. The Hall–Kier alpha value is -4.49. The summed E-state index contributed by atoms with van der Waals surface area (Å²) in [5.41, 5.74) is 5.57. The highest BCUT2D eigenvalue weighted by molar-refractivity contribution is 5.98. The van der Waals surface area contributed by atoms with E-state index in [1.807, 2.05) is 13.8 Å². The van der Waals surface area contributed by atoms with Crippen molar-refractivity contribution in [1.29, 1.82) is 0 Å². The SMILES string of the molecule is CCOc1ncc(Nc2nc(N[C@H](CC)[C@H](C)NC(=O)OC(C)(C)C)c(F)cc2C(N)=O)cc1-n1ccnn1. The molecule has 0 radical (unpaired) electrons. The molecule has 3 rings (SSSR count). The minimum atomic E-state index is -0.877. The monoisotopic (exact) mass is 543 g/mol. The molecule has 3 aromatic rings. The van der Waals surface area contributed by atoms with Gasteiger partial charge >= 0.3 is 6.09 Å². The summed E-state index contributed by atoms with van der Waals surface area (Å²) in [6.45, 7) is 11.1. The van der Waals surface area contributed by atoms with Crippen LogP contribution in [-0.2, 0) is 4.74 Å². The quantitative estimate of drug-likeness (QED) is 0.280. The summed E-state index contributed by atoms with van der Waals surface area (Å²) in [4.78, 5) is 33.0. The van der Waals surface area contributed by atoms with Crippen molar-refractivity contribution in [2.24, 2.45) is 5.73 Å². The molecule has 2 atom stereocenters. The van der Waals surface area contributed by atoms with Crippen LogP contribution < -0.4 is 26.4 Å². The Kier molecular flexibility index (Phi) is 9.22. The number of rotatable bonds is 11. The lowest BCUT2D eigenvalue weighted by atomic mass is 10.1. The first-order valence-corrected chi connectivity index (χ1v) is 12.4. The zero-order valence-corrected chi connectivity index (χ0v) is 22.8. The maximum Gasteiger partial charge on any atom is 0.407 e. The number of nitrogens with one attached hydrogen (secondary N) is 3. The van der Waals surface area contributed by atoms with E-state index in [4.69, 9.17) is 15.2 Å². The Balaban J connectivity index is 1.90. The Morgan fingerprint density at radius 1 is 1.21 bits per heavy atom. The van der Waals surface area contributed by atoms with E-state index in [1.54, 1.807) is 40.0 Å². The van der Waals surface area contributed by atoms with Crippen LogP contribution in [0.2, 0.25) is 0 Å². The number of carbonyl (C=O) groups excluding carboxylic acids is 2. The lowest BCUT2D eigenvalue weighted by Crippen LogP contribution is -2.46. The molecule has 0 spiro atoms. The molecule has 3 heterocycles. The normalized spacial score (nSPS) is 12.8. The summed E-state index contributed by atoms with van der Waals surface area (Å²) in [6, 6.07) is 1.80. The predicted molar refractivity (Wildman–Crippen MR) is 143 cm³/mol. The number of anilines is 3. The summed E-state index contributed by atoms with van der Waals surface area (Å²) in [5, 5.41) is 16.5. The summed E-state index contributed by atoms with van der Waals surface area (Å²) in [7, 11) is 0. The Bertz CT molecular complexity index is 1300. The van der Waals surface area contributed by atoms with Gasteiger partial charge in [0, 0.05) is 12.1 Å². The van der Waals surface area contributed by atoms with Crippen molar-refractivity contribution in [3.63, 3.8) is 0 Å². The van der Waals surface area contributed by atoms with Crippen LogP contribution in [0.5, 0.6) is 5.88 Å². The Morgan fingerprint density at radius 3 is 2.54 bits per heavy atom. The molecule has 39 heavy (non-hydrogen) atoms. The second-order valence-electron chi connectivity index (χ2n) is 9.63. The van der Waals surface area contributed by atoms with Crippen molar-refractivity contribution in [3.8, 4) is 11.6 Å². The van der Waals surface area contributed by atoms with Gasteiger partial charge in [-0.25, -0.2) is 23.8 Å². The summed E-state index contributed by atoms with van der Waals surface area (Å²) in [6.07, 6.45) is 4.51.